The first-order valence-electron chi connectivity index (χ1n) is 7.66. The van der Waals surface area contributed by atoms with Crippen LogP contribution in [0, 0.1) is 5.92 Å². The van der Waals surface area contributed by atoms with Crippen molar-refractivity contribution in [1.29, 1.82) is 0 Å². The Labute approximate surface area is 134 Å². The third-order valence-corrected chi connectivity index (χ3v) is 3.93. The first-order valence-corrected chi connectivity index (χ1v) is 7.66. The second kappa shape index (κ2) is 6.52. The molecular weight excluding hydrogens is 290 g/mol. The molecule has 5 heteroatoms. The maximum absolute atomic E-state index is 12.5. The van der Waals surface area contributed by atoms with Crippen LogP contribution in [0.3, 0.4) is 0 Å². The molecule has 5 nitrogen and oxygen atoms in total. The van der Waals surface area contributed by atoms with E-state index in [0.29, 0.717) is 17.2 Å². The fourth-order valence-corrected chi connectivity index (χ4v) is 2.67. The van der Waals surface area contributed by atoms with Crippen molar-refractivity contribution in [3.05, 3.63) is 65.7 Å². The predicted molar refractivity (Wildman–Crippen MR) is 89.0 cm³/mol. The van der Waals surface area contributed by atoms with Crippen LogP contribution >= 0.6 is 0 Å². The number of nitrogens with two attached hydrogens (primary N) is 1. The Balaban J connectivity index is 1.76. The summed E-state index contributed by atoms with van der Waals surface area (Å²) in [4.78, 5) is 23.5. The first-order chi connectivity index (χ1) is 11.1. The van der Waals surface area contributed by atoms with Gasteiger partial charge in [0.15, 0.2) is 0 Å². The molecule has 0 bridgehead atoms. The van der Waals surface area contributed by atoms with E-state index in [-0.39, 0.29) is 11.9 Å². The molecule has 1 unspecified atom stereocenters. The summed E-state index contributed by atoms with van der Waals surface area (Å²) in [6.45, 7) is 0. The maximum Gasteiger partial charge on any atom is 0.316 e. The van der Waals surface area contributed by atoms with E-state index in [1.165, 1.54) is 0 Å². The molecule has 1 saturated carbocycles. The summed E-state index contributed by atoms with van der Waals surface area (Å²) in [5.41, 5.74) is 7.23. The van der Waals surface area contributed by atoms with Gasteiger partial charge in [0, 0.05) is 11.3 Å². The van der Waals surface area contributed by atoms with Crippen molar-refractivity contribution in [3.63, 3.8) is 0 Å². The van der Waals surface area contributed by atoms with E-state index in [4.69, 9.17) is 5.73 Å². The van der Waals surface area contributed by atoms with Crippen molar-refractivity contribution in [2.45, 2.75) is 18.9 Å². The third kappa shape index (κ3) is 3.88. The van der Waals surface area contributed by atoms with Gasteiger partial charge in [-0.1, -0.05) is 36.4 Å². The van der Waals surface area contributed by atoms with Gasteiger partial charge in [-0.15, -0.1) is 0 Å². The lowest BCUT2D eigenvalue weighted by Gasteiger charge is -2.19. The minimum Gasteiger partial charge on any atom is -0.351 e. The van der Waals surface area contributed by atoms with Crippen LogP contribution < -0.4 is 16.4 Å². The number of benzene rings is 2. The van der Waals surface area contributed by atoms with E-state index in [1.54, 1.807) is 24.3 Å². The predicted octanol–water partition coefficient (Wildman–Crippen LogP) is 3.06. The Hall–Kier alpha value is -2.82. The van der Waals surface area contributed by atoms with Gasteiger partial charge in [0.1, 0.15) is 0 Å². The first kappa shape index (κ1) is 15.1. The number of nitrogens with one attached hydrogen (secondary N) is 2. The Morgan fingerprint density at radius 2 is 1.78 bits per heavy atom. The number of primary amides is 1. The van der Waals surface area contributed by atoms with Gasteiger partial charge in [-0.05, 0) is 42.5 Å². The van der Waals surface area contributed by atoms with E-state index in [0.717, 1.165) is 18.4 Å². The lowest BCUT2D eigenvalue weighted by Crippen LogP contribution is -2.30. The lowest BCUT2D eigenvalue weighted by atomic mass is 10.0. The second-order valence-corrected chi connectivity index (χ2v) is 5.77. The molecule has 2 aromatic carbocycles. The number of amides is 3. The van der Waals surface area contributed by atoms with E-state index < -0.39 is 6.03 Å². The summed E-state index contributed by atoms with van der Waals surface area (Å²) >= 11 is 0. The van der Waals surface area contributed by atoms with Crippen molar-refractivity contribution in [2.24, 2.45) is 11.7 Å². The molecule has 0 spiro atoms. The molecule has 0 heterocycles. The molecule has 118 valence electrons. The Morgan fingerprint density at radius 3 is 2.43 bits per heavy atom. The Kier molecular flexibility index (Phi) is 4.28. The molecule has 4 N–H and O–H groups in total. The van der Waals surface area contributed by atoms with Gasteiger partial charge >= 0.3 is 6.03 Å². The van der Waals surface area contributed by atoms with Crippen molar-refractivity contribution in [1.82, 2.24) is 5.32 Å². The molecule has 1 aliphatic carbocycles. The number of urea groups is 1. The molecule has 0 aliphatic heterocycles. The summed E-state index contributed by atoms with van der Waals surface area (Å²) < 4.78 is 0. The van der Waals surface area contributed by atoms with Crippen LogP contribution in [0.1, 0.15) is 34.8 Å². The van der Waals surface area contributed by atoms with Gasteiger partial charge in [-0.3, -0.25) is 4.79 Å². The second-order valence-electron chi connectivity index (χ2n) is 5.77. The van der Waals surface area contributed by atoms with Crippen LogP contribution in [0.15, 0.2) is 54.6 Å². The SMILES string of the molecule is NC(=O)Nc1cccc(C(=O)NC(c2ccccc2)C2CC2)c1. The van der Waals surface area contributed by atoms with E-state index in [2.05, 4.69) is 10.6 Å². The van der Waals surface area contributed by atoms with Crippen LogP contribution in [0.4, 0.5) is 10.5 Å². The van der Waals surface area contributed by atoms with Gasteiger partial charge in [-0.2, -0.15) is 0 Å². The monoisotopic (exact) mass is 309 g/mol. The fraction of sp³-hybridized carbons (Fsp3) is 0.222. The minimum absolute atomic E-state index is 0.0245. The number of carbonyl (C=O) groups excluding carboxylic acids is 2. The van der Waals surface area contributed by atoms with Crippen LogP contribution in [0.2, 0.25) is 0 Å². The Morgan fingerprint density at radius 1 is 1.04 bits per heavy atom. The van der Waals surface area contributed by atoms with Gasteiger partial charge < -0.3 is 16.4 Å². The van der Waals surface area contributed by atoms with Crippen molar-refractivity contribution >= 4 is 17.6 Å². The molecule has 0 aromatic heterocycles. The summed E-state index contributed by atoms with van der Waals surface area (Å²) in [5.74, 6) is 0.340. The zero-order valence-corrected chi connectivity index (χ0v) is 12.7. The number of rotatable bonds is 5. The number of carbonyl (C=O) groups is 2. The molecular formula is C18H19N3O2. The molecule has 3 amide bonds. The molecule has 1 fully saturated rings. The minimum atomic E-state index is -0.650. The molecule has 0 saturated heterocycles. The van der Waals surface area contributed by atoms with Gasteiger partial charge in [0.05, 0.1) is 6.04 Å². The van der Waals surface area contributed by atoms with Gasteiger partial charge in [0.2, 0.25) is 0 Å². The summed E-state index contributed by atoms with van der Waals surface area (Å²) in [7, 11) is 0. The van der Waals surface area contributed by atoms with E-state index >= 15 is 0 Å². The molecule has 1 aliphatic rings. The Bertz CT molecular complexity index is 711. The van der Waals surface area contributed by atoms with Crippen molar-refractivity contribution < 1.29 is 9.59 Å². The maximum atomic E-state index is 12.5. The highest BCUT2D eigenvalue weighted by molar-refractivity contribution is 5.96. The number of hydrogen-bond donors (Lipinski definition) is 3. The van der Waals surface area contributed by atoms with Crippen LogP contribution in [0.5, 0.6) is 0 Å². The molecule has 23 heavy (non-hydrogen) atoms. The van der Waals surface area contributed by atoms with Crippen LogP contribution in [-0.2, 0) is 0 Å². The summed E-state index contributed by atoms with van der Waals surface area (Å²) in [6, 6.07) is 16.1. The molecule has 2 aromatic rings. The third-order valence-electron chi connectivity index (χ3n) is 3.93. The summed E-state index contributed by atoms with van der Waals surface area (Å²) in [6.07, 6.45) is 2.26. The number of anilines is 1. The zero-order valence-electron chi connectivity index (χ0n) is 12.7. The highest BCUT2D eigenvalue weighted by Gasteiger charge is 2.33. The standard InChI is InChI=1S/C18H19N3O2/c19-18(23)20-15-8-4-7-14(11-15)17(22)21-16(13-9-10-13)12-5-2-1-3-6-12/h1-8,11,13,16H,9-10H2,(H,21,22)(H3,19,20,23). The zero-order chi connectivity index (χ0) is 16.2. The average Bonchev–Trinajstić information content (AvgIpc) is 3.37. The molecule has 3 rings (SSSR count). The summed E-state index contributed by atoms with van der Waals surface area (Å²) in [5, 5.41) is 5.59. The number of hydrogen-bond acceptors (Lipinski definition) is 2. The molecule has 0 radical (unpaired) electrons. The quantitative estimate of drug-likeness (QED) is 0.793. The van der Waals surface area contributed by atoms with E-state index in [9.17, 15) is 9.59 Å². The van der Waals surface area contributed by atoms with E-state index in [1.807, 2.05) is 30.3 Å². The highest BCUT2D eigenvalue weighted by atomic mass is 16.2. The smallest absolute Gasteiger partial charge is 0.316 e. The van der Waals surface area contributed by atoms with Gasteiger partial charge in [0.25, 0.3) is 5.91 Å². The lowest BCUT2D eigenvalue weighted by molar-refractivity contribution is 0.0931. The molecule has 1 atom stereocenters. The highest BCUT2D eigenvalue weighted by Crippen LogP contribution is 2.41. The van der Waals surface area contributed by atoms with Crippen molar-refractivity contribution in [3.8, 4) is 0 Å². The average molecular weight is 309 g/mol. The van der Waals surface area contributed by atoms with Crippen LogP contribution in [0.25, 0.3) is 0 Å². The normalized spacial score (nSPS) is 14.8. The fourth-order valence-electron chi connectivity index (χ4n) is 2.67. The van der Waals surface area contributed by atoms with Gasteiger partial charge in [-0.25, -0.2) is 4.79 Å². The van der Waals surface area contributed by atoms with Crippen molar-refractivity contribution in [2.75, 3.05) is 5.32 Å². The van der Waals surface area contributed by atoms with Crippen LogP contribution in [-0.4, -0.2) is 11.9 Å². The largest absolute Gasteiger partial charge is 0.351 e. The topological polar surface area (TPSA) is 84.2 Å².